The summed E-state index contributed by atoms with van der Waals surface area (Å²) in [6.07, 6.45) is 3.52. The fraction of sp³-hybridized carbons (Fsp3) is 0.467. The lowest BCUT2D eigenvalue weighted by atomic mass is 10.1. The Bertz CT molecular complexity index is 648. The van der Waals surface area contributed by atoms with Gasteiger partial charge in [-0.2, -0.15) is 0 Å². The second-order valence-electron chi connectivity index (χ2n) is 5.77. The molecule has 1 atom stereocenters. The largest absolute Gasteiger partial charge is 0.488 e. The SMILES string of the molecule is CC1(C)CNCC(COc2ccnc3cc(Br)cnc23)O1. The number of hydrogen-bond donors (Lipinski definition) is 1. The van der Waals surface area contributed by atoms with Crippen molar-refractivity contribution in [2.45, 2.75) is 25.6 Å². The summed E-state index contributed by atoms with van der Waals surface area (Å²) in [5.74, 6) is 0.736. The van der Waals surface area contributed by atoms with Crippen molar-refractivity contribution in [1.29, 1.82) is 0 Å². The summed E-state index contributed by atoms with van der Waals surface area (Å²) >= 11 is 3.40. The first-order chi connectivity index (χ1) is 10.0. The van der Waals surface area contributed by atoms with Crippen molar-refractivity contribution >= 4 is 27.0 Å². The van der Waals surface area contributed by atoms with E-state index in [9.17, 15) is 0 Å². The van der Waals surface area contributed by atoms with Gasteiger partial charge in [-0.1, -0.05) is 0 Å². The van der Waals surface area contributed by atoms with E-state index in [-0.39, 0.29) is 11.7 Å². The van der Waals surface area contributed by atoms with Crippen molar-refractivity contribution in [1.82, 2.24) is 15.3 Å². The number of fused-ring (bicyclic) bond motifs is 1. The Morgan fingerprint density at radius 2 is 2.33 bits per heavy atom. The molecule has 1 aliphatic heterocycles. The molecule has 0 aliphatic carbocycles. The maximum atomic E-state index is 6.00. The second-order valence-corrected chi connectivity index (χ2v) is 6.69. The van der Waals surface area contributed by atoms with E-state index < -0.39 is 0 Å². The van der Waals surface area contributed by atoms with Crippen molar-refractivity contribution in [2.75, 3.05) is 19.7 Å². The van der Waals surface area contributed by atoms with E-state index in [1.807, 2.05) is 12.1 Å². The lowest BCUT2D eigenvalue weighted by Crippen LogP contribution is -2.52. The van der Waals surface area contributed by atoms with E-state index in [2.05, 4.69) is 45.1 Å². The van der Waals surface area contributed by atoms with Crippen LogP contribution < -0.4 is 10.1 Å². The van der Waals surface area contributed by atoms with Crippen LogP contribution in [0.5, 0.6) is 5.75 Å². The van der Waals surface area contributed by atoms with Gasteiger partial charge in [-0.3, -0.25) is 4.98 Å². The van der Waals surface area contributed by atoms with Gasteiger partial charge in [0.1, 0.15) is 24.0 Å². The summed E-state index contributed by atoms with van der Waals surface area (Å²) in [5.41, 5.74) is 1.42. The minimum Gasteiger partial charge on any atom is -0.488 e. The second kappa shape index (κ2) is 5.87. The molecule has 1 aliphatic rings. The van der Waals surface area contributed by atoms with E-state index in [1.165, 1.54) is 0 Å². The Morgan fingerprint density at radius 1 is 1.48 bits per heavy atom. The number of nitrogens with one attached hydrogen (secondary N) is 1. The lowest BCUT2D eigenvalue weighted by Gasteiger charge is -2.36. The normalized spacial score (nSPS) is 21.4. The molecule has 3 heterocycles. The van der Waals surface area contributed by atoms with Crippen LogP contribution in [0, 0.1) is 0 Å². The first-order valence-electron chi connectivity index (χ1n) is 6.95. The van der Waals surface area contributed by atoms with Crippen molar-refractivity contribution in [3.8, 4) is 5.75 Å². The van der Waals surface area contributed by atoms with Crippen LogP contribution >= 0.6 is 15.9 Å². The molecule has 21 heavy (non-hydrogen) atoms. The fourth-order valence-electron chi connectivity index (χ4n) is 2.44. The van der Waals surface area contributed by atoms with Gasteiger partial charge in [0.25, 0.3) is 0 Å². The average Bonchev–Trinajstić information content (AvgIpc) is 2.43. The lowest BCUT2D eigenvalue weighted by molar-refractivity contribution is -0.106. The third kappa shape index (κ3) is 3.51. The molecule has 0 amide bonds. The standard InChI is InChI=1S/C15H18BrN3O2/c1-15(2)9-17-7-11(21-15)8-20-13-3-4-18-12-5-10(16)6-19-14(12)13/h3-6,11,17H,7-9H2,1-2H3. The van der Waals surface area contributed by atoms with Gasteiger partial charge in [0.2, 0.25) is 0 Å². The Labute approximate surface area is 132 Å². The smallest absolute Gasteiger partial charge is 0.148 e. The predicted molar refractivity (Wildman–Crippen MR) is 84.6 cm³/mol. The molecule has 0 bridgehead atoms. The van der Waals surface area contributed by atoms with E-state index in [0.29, 0.717) is 6.61 Å². The number of ether oxygens (including phenoxy) is 2. The summed E-state index contributed by atoms with van der Waals surface area (Å²) in [5, 5.41) is 3.37. The predicted octanol–water partition coefficient (Wildman–Crippen LogP) is 2.54. The topological polar surface area (TPSA) is 56.3 Å². The molecule has 6 heteroatoms. The van der Waals surface area contributed by atoms with Crippen LogP contribution in [0.2, 0.25) is 0 Å². The van der Waals surface area contributed by atoms with Crippen LogP contribution in [-0.4, -0.2) is 41.4 Å². The van der Waals surface area contributed by atoms with Crippen molar-refractivity contribution in [2.24, 2.45) is 0 Å². The molecule has 1 N–H and O–H groups in total. The van der Waals surface area contributed by atoms with Gasteiger partial charge in [0, 0.05) is 36.0 Å². The number of aromatic nitrogens is 2. The highest BCUT2D eigenvalue weighted by molar-refractivity contribution is 9.10. The fourth-order valence-corrected chi connectivity index (χ4v) is 2.76. The van der Waals surface area contributed by atoms with Crippen LogP contribution in [0.25, 0.3) is 11.0 Å². The number of hydrogen-bond acceptors (Lipinski definition) is 5. The van der Waals surface area contributed by atoms with E-state index in [4.69, 9.17) is 9.47 Å². The third-order valence-electron chi connectivity index (χ3n) is 3.34. The van der Waals surface area contributed by atoms with Gasteiger partial charge in [-0.25, -0.2) is 4.98 Å². The Kier molecular flexibility index (Phi) is 4.10. The van der Waals surface area contributed by atoms with Gasteiger partial charge >= 0.3 is 0 Å². The molecule has 2 aromatic rings. The minimum absolute atomic E-state index is 0.0346. The molecule has 2 aromatic heterocycles. The van der Waals surface area contributed by atoms with E-state index in [0.717, 1.165) is 34.3 Å². The van der Waals surface area contributed by atoms with Gasteiger partial charge in [0.05, 0.1) is 11.1 Å². The van der Waals surface area contributed by atoms with Gasteiger partial charge in [0.15, 0.2) is 0 Å². The zero-order chi connectivity index (χ0) is 14.9. The van der Waals surface area contributed by atoms with Crippen molar-refractivity contribution in [3.05, 3.63) is 29.0 Å². The third-order valence-corrected chi connectivity index (χ3v) is 3.77. The highest BCUT2D eigenvalue weighted by Gasteiger charge is 2.28. The monoisotopic (exact) mass is 351 g/mol. The van der Waals surface area contributed by atoms with Crippen molar-refractivity contribution < 1.29 is 9.47 Å². The van der Waals surface area contributed by atoms with Crippen LogP contribution in [0.3, 0.4) is 0 Å². The highest BCUT2D eigenvalue weighted by Crippen LogP contribution is 2.24. The summed E-state index contributed by atoms with van der Waals surface area (Å²) in [4.78, 5) is 8.69. The molecule has 0 spiro atoms. The van der Waals surface area contributed by atoms with Crippen LogP contribution in [-0.2, 0) is 4.74 Å². The summed E-state index contributed by atoms with van der Waals surface area (Å²) in [6.45, 7) is 6.30. The Morgan fingerprint density at radius 3 is 3.14 bits per heavy atom. The first kappa shape index (κ1) is 14.7. The molecule has 5 nitrogen and oxygen atoms in total. The van der Waals surface area contributed by atoms with Crippen LogP contribution in [0.4, 0.5) is 0 Å². The van der Waals surface area contributed by atoms with Crippen LogP contribution in [0.15, 0.2) is 29.0 Å². The first-order valence-corrected chi connectivity index (χ1v) is 7.74. The maximum Gasteiger partial charge on any atom is 0.148 e. The van der Waals surface area contributed by atoms with Crippen LogP contribution in [0.1, 0.15) is 13.8 Å². The molecule has 0 saturated carbocycles. The summed E-state index contributed by atoms with van der Waals surface area (Å²) < 4.78 is 12.8. The van der Waals surface area contributed by atoms with Gasteiger partial charge < -0.3 is 14.8 Å². The molecule has 0 aromatic carbocycles. The summed E-state index contributed by atoms with van der Waals surface area (Å²) in [7, 11) is 0. The molecule has 1 fully saturated rings. The molecule has 3 rings (SSSR count). The Hall–Kier alpha value is -1.24. The minimum atomic E-state index is -0.157. The molecule has 1 unspecified atom stereocenters. The number of nitrogens with zero attached hydrogens (tertiary/aromatic N) is 2. The number of halogens is 1. The number of rotatable bonds is 3. The molecular formula is C15H18BrN3O2. The van der Waals surface area contributed by atoms with Crippen molar-refractivity contribution in [3.63, 3.8) is 0 Å². The van der Waals surface area contributed by atoms with E-state index >= 15 is 0 Å². The average molecular weight is 352 g/mol. The van der Waals surface area contributed by atoms with Gasteiger partial charge in [-0.05, 0) is 35.8 Å². The molecule has 1 saturated heterocycles. The Balaban J connectivity index is 1.73. The molecule has 0 radical (unpaired) electrons. The quantitative estimate of drug-likeness (QED) is 0.920. The zero-order valence-corrected chi connectivity index (χ0v) is 13.7. The summed E-state index contributed by atoms with van der Waals surface area (Å²) in [6, 6.07) is 3.77. The van der Waals surface area contributed by atoms with Gasteiger partial charge in [-0.15, -0.1) is 0 Å². The zero-order valence-electron chi connectivity index (χ0n) is 12.1. The highest BCUT2D eigenvalue weighted by atomic mass is 79.9. The molecule has 112 valence electrons. The molecular weight excluding hydrogens is 334 g/mol. The maximum absolute atomic E-state index is 6.00. The van der Waals surface area contributed by atoms with E-state index in [1.54, 1.807) is 12.4 Å². The number of morpholine rings is 1. The number of pyridine rings is 2.